The van der Waals surface area contributed by atoms with Gasteiger partial charge in [0, 0.05) is 25.3 Å². The molecule has 5 rings (SSSR count). The van der Waals surface area contributed by atoms with Crippen molar-refractivity contribution in [2.75, 3.05) is 19.0 Å². The molecule has 0 saturated carbocycles. The van der Waals surface area contributed by atoms with Gasteiger partial charge < -0.3 is 4.90 Å². The first-order chi connectivity index (χ1) is 15.6. The van der Waals surface area contributed by atoms with Crippen molar-refractivity contribution in [1.82, 2.24) is 4.57 Å². The predicted molar refractivity (Wildman–Crippen MR) is 131 cm³/mol. The summed E-state index contributed by atoms with van der Waals surface area (Å²) in [6, 6.07) is 27.8. The van der Waals surface area contributed by atoms with Crippen LogP contribution in [0.5, 0.6) is 0 Å². The van der Waals surface area contributed by atoms with Crippen molar-refractivity contribution in [2.24, 2.45) is 10.2 Å². The molecule has 4 aromatic rings. The average Bonchev–Trinajstić information content (AvgIpc) is 3.15. The van der Waals surface area contributed by atoms with Gasteiger partial charge >= 0.3 is 0 Å². The van der Waals surface area contributed by atoms with E-state index >= 15 is 0 Å². The predicted octanol–water partition coefficient (Wildman–Crippen LogP) is 3.43. The van der Waals surface area contributed by atoms with Gasteiger partial charge in [0.2, 0.25) is 4.80 Å². The van der Waals surface area contributed by atoms with E-state index in [4.69, 9.17) is 0 Å². The first-order valence-electron chi connectivity index (χ1n) is 10.4. The second-order valence-corrected chi connectivity index (χ2v) is 8.83. The second kappa shape index (κ2) is 8.40. The molecular formula is C26H22N4OS. The summed E-state index contributed by atoms with van der Waals surface area (Å²) < 4.78 is 2.42. The monoisotopic (exact) mass is 438 g/mol. The quantitative estimate of drug-likeness (QED) is 0.490. The highest BCUT2D eigenvalue weighted by molar-refractivity contribution is 7.07. The second-order valence-electron chi connectivity index (χ2n) is 7.82. The van der Waals surface area contributed by atoms with Gasteiger partial charge in [-0.3, -0.25) is 9.36 Å². The van der Waals surface area contributed by atoms with Gasteiger partial charge in [0.05, 0.1) is 10.2 Å². The summed E-state index contributed by atoms with van der Waals surface area (Å²) >= 11 is 1.37. The smallest absolute Gasteiger partial charge is 0.271 e. The summed E-state index contributed by atoms with van der Waals surface area (Å²) in [6.45, 7) is 0. The minimum absolute atomic E-state index is 0.0531. The molecule has 158 valence electrons. The van der Waals surface area contributed by atoms with E-state index in [0.717, 1.165) is 28.1 Å². The van der Waals surface area contributed by atoms with E-state index in [1.807, 2.05) is 110 Å². The Balaban J connectivity index is 1.66. The van der Waals surface area contributed by atoms with Crippen LogP contribution in [0.15, 0.2) is 99.9 Å². The number of anilines is 1. The van der Waals surface area contributed by atoms with Crippen molar-refractivity contribution in [3.63, 3.8) is 0 Å². The molecule has 1 aliphatic rings. The Labute approximate surface area is 189 Å². The van der Waals surface area contributed by atoms with Crippen LogP contribution in [0.4, 0.5) is 5.69 Å². The molecule has 0 radical (unpaired) electrons. The highest BCUT2D eigenvalue weighted by Crippen LogP contribution is 2.24. The highest BCUT2D eigenvalue weighted by atomic mass is 32.1. The molecule has 32 heavy (non-hydrogen) atoms. The first kappa shape index (κ1) is 20.2. The molecule has 1 atom stereocenters. The molecule has 0 aliphatic carbocycles. The van der Waals surface area contributed by atoms with Crippen LogP contribution in [0.1, 0.15) is 22.7 Å². The minimum atomic E-state index is -0.326. The standard InChI is InChI=1S/C26H22N4OS/c1-29(2)21-15-13-18(14-16-21)17-22-25(31)30-24(20-11-7-4-8-12-20)23(27-28-26(30)32-22)19-9-5-3-6-10-19/h3-17,24H,1-2H3/b22-17+/t24-/m1/s1. The number of hydrogen-bond donors (Lipinski definition) is 0. The van der Waals surface area contributed by atoms with Gasteiger partial charge in [-0.25, -0.2) is 0 Å². The van der Waals surface area contributed by atoms with Crippen molar-refractivity contribution in [1.29, 1.82) is 0 Å². The van der Waals surface area contributed by atoms with Gasteiger partial charge in [0.15, 0.2) is 0 Å². The lowest BCUT2D eigenvalue weighted by molar-refractivity contribution is 0.657. The molecule has 0 spiro atoms. The molecule has 0 unspecified atom stereocenters. The summed E-state index contributed by atoms with van der Waals surface area (Å²) in [5.74, 6) is 0. The van der Waals surface area contributed by atoms with Crippen molar-refractivity contribution >= 4 is 28.8 Å². The Kier molecular flexibility index (Phi) is 5.29. The molecule has 1 aliphatic heterocycles. The van der Waals surface area contributed by atoms with Gasteiger partial charge in [-0.15, -0.1) is 10.2 Å². The molecular weight excluding hydrogens is 416 g/mol. The summed E-state index contributed by atoms with van der Waals surface area (Å²) in [4.78, 5) is 16.2. The van der Waals surface area contributed by atoms with Crippen LogP contribution >= 0.6 is 11.3 Å². The van der Waals surface area contributed by atoms with Crippen LogP contribution in [0.3, 0.4) is 0 Å². The van der Waals surface area contributed by atoms with Crippen molar-refractivity contribution in [2.45, 2.75) is 6.04 Å². The Morgan fingerprint density at radius 2 is 1.53 bits per heavy atom. The molecule has 2 heterocycles. The third kappa shape index (κ3) is 3.69. The fourth-order valence-electron chi connectivity index (χ4n) is 3.84. The van der Waals surface area contributed by atoms with Gasteiger partial charge in [0.25, 0.3) is 5.56 Å². The maximum absolute atomic E-state index is 13.6. The number of hydrogen-bond acceptors (Lipinski definition) is 5. The fraction of sp³-hybridized carbons (Fsp3) is 0.115. The average molecular weight is 439 g/mol. The van der Waals surface area contributed by atoms with Crippen LogP contribution < -0.4 is 19.8 Å². The molecule has 0 saturated heterocycles. The maximum atomic E-state index is 13.6. The Hall–Kier alpha value is -3.77. The summed E-state index contributed by atoms with van der Waals surface area (Å²) in [5.41, 5.74) is 4.78. The zero-order chi connectivity index (χ0) is 22.1. The lowest BCUT2D eigenvalue weighted by Gasteiger charge is -2.22. The number of thiazole rings is 1. The number of benzene rings is 3. The number of rotatable bonds is 4. The molecule has 0 fully saturated rings. The van der Waals surface area contributed by atoms with Crippen LogP contribution in [-0.2, 0) is 0 Å². The minimum Gasteiger partial charge on any atom is -0.378 e. The van der Waals surface area contributed by atoms with Gasteiger partial charge in [-0.05, 0) is 29.3 Å². The normalized spacial score (nSPS) is 15.6. The molecule has 0 amide bonds. The summed E-state index contributed by atoms with van der Waals surface area (Å²) in [6.07, 6.45) is 1.93. The van der Waals surface area contributed by atoms with E-state index in [9.17, 15) is 4.79 Å². The molecule has 0 bridgehead atoms. The third-order valence-electron chi connectivity index (χ3n) is 5.49. The maximum Gasteiger partial charge on any atom is 0.271 e. The van der Waals surface area contributed by atoms with Crippen LogP contribution in [0, 0.1) is 0 Å². The number of aromatic nitrogens is 1. The van der Waals surface area contributed by atoms with Gasteiger partial charge in [-0.2, -0.15) is 0 Å². The van der Waals surface area contributed by atoms with E-state index in [0.29, 0.717) is 9.33 Å². The molecule has 0 N–H and O–H groups in total. The van der Waals surface area contributed by atoms with E-state index < -0.39 is 0 Å². The third-order valence-corrected chi connectivity index (χ3v) is 6.46. The summed E-state index contributed by atoms with van der Waals surface area (Å²) in [5, 5.41) is 8.99. The lowest BCUT2D eigenvalue weighted by Crippen LogP contribution is -2.40. The van der Waals surface area contributed by atoms with Crippen molar-refractivity contribution in [3.05, 3.63) is 121 Å². The Morgan fingerprint density at radius 3 is 2.19 bits per heavy atom. The SMILES string of the molecule is CN(C)c1ccc(/C=c2/sc3n(c2=O)[C@H](c2ccccc2)C(c2ccccc2)=NN=3)cc1. The topological polar surface area (TPSA) is 50.0 Å². The van der Waals surface area contributed by atoms with Crippen LogP contribution in [-0.4, -0.2) is 24.4 Å². The van der Waals surface area contributed by atoms with Gasteiger partial charge in [-0.1, -0.05) is 84.1 Å². The molecule has 1 aromatic heterocycles. The first-order valence-corrected chi connectivity index (χ1v) is 11.2. The van der Waals surface area contributed by atoms with Crippen molar-refractivity contribution < 1.29 is 0 Å². The molecule has 6 heteroatoms. The van der Waals surface area contributed by atoms with Crippen molar-refractivity contribution in [3.8, 4) is 0 Å². The van der Waals surface area contributed by atoms with E-state index in [-0.39, 0.29) is 11.6 Å². The van der Waals surface area contributed by atoms with E-state index in [1.165, 1.54) is 11.3 Å². The Morgan fingerprint density at radius 1 is 0.875 bits per heavy atom. The number of nitrogens with zero attached hydrogens (tertiary/aromatic N) is 4. The Bertz CT molecular complexity index is 1450. The van der Waals surface area contributed by atoms with E-state index in [1.54, 1.807) is 4.57 Å². The largest absolute Gasteiger partial charge is 0.378 e. The van der Waals surface area contributed by atoms with Crippen LogP contribution in [0.25, 0.3) is 6.08 Å². The number of fused-ring (bicyclic) bond motifs is 1. The fourth-order valence-corrected chi connectivity index (χ4v) is 4.79. The van der Waals surface area contributed by atoms with Crippen LogP contribution in [0.2, 0.25) is 0 Å². The lowest BCUT2D eigenvalue weighted by atomic mass is 9.96. The highest BCUT2D eigenvalue weighted by Gasteiger charge is 2.28. The molecule has 3 aromatic carbocycles. The zero-order valence-electron chi connectivity index (χ0n) is 17.8. The summed E-state index contributed by atoms with van der Waals surface area (Å²) in [7, 11) is 4.02. The van der Waals surface area contributed by atoms with Gasteiger partial charge in [0.1, 0.15) is 6.04 Å². The molecule has 5 nitrogen and oxygen atoms in total. The van der Waals surface area contributed by atoms with E-state index in [2.05, 4.69) is 10.2 Å². The zero-order valence-corrected chi connectivity index (χ0v) is 18.7.